The molecule has 0 saturated heterocycles. The van der Waals surface area contributed by atoms with Crippen LogP contribution in [0.15, 0.2) is 33.7 Å². The van der Waals surface area contributed by atoms with Gasteiger partial charge in [-0.3, -0.25) is 0 Å². The molecule has 0 spiro atoms. The van der Waals surface area contributed by atoms with Crippen LogP contribution in [0.5, 0.6) is 0 Å². The Kier molecular flexibility index (Phi) is 5.36. The number of hydrogen-bond acceptors (Lipinski definition) is 6. The van der Waals surface area contributed by atoms with Gasteiger partial charge in [0.1, 0.15) is 16.7 Å². The van der Waals surface area contributed by atoms with E-state index in [4.69, 9.17) is 10.7 Å². The molecular formula is C19H21BrN4S2. The highest BCUT2D eigenvalue weighted by Gasteiger charge is 2.92. The van der Waals surface area contributed by atoms with Crippen LogP contribution in [0, 0.1) is 33.5 Å². The van der Waals surface area contributed by atoms with Crippen molar-refractivity contribution in [3.8, 4) is 12.1 Å². The Morgan fingerprint density at radius 2 is 1.77 bits per heavy atom. The predicted octanol–water partition coefficient (Wildman–Crippen LogP) is 4.88. The van der Waals surface area contributed by atoms with Crippen molar-refractivity contribution >= 4 is 45.3 Å². The summed E-state index contributed by atoms with van der Waals surface area (Å²) in [5, 5.41) is 20.5. The van der Waals surface area contributed by atoms with Crippen LogP contribution < -0.4 is 5.73 Å². The molecule has 136 valence electrons. The number of amidine groups is 1. The normalized spacial score (nSPS) is 30.8. The maximum absolute atomic E-state index is 10.4. The molecule has 1 aliphatic heterocycles. The van der Waals surface area contributed by atoms with Crippen LogP contribution in [-0.2, 0) is 0 Å². The molecule has 4 nitrogen and oxygen atoms in total. The van der Waals surface area contributed by atoms with E-state index in [1.807, 2.05) is 24.3 Å². The van der Waals surface area contributed by atoms with Gasteiger partial charge in [-0.1, -0.05) is 48.0 Å². The molecule has 2 aliphatic rings. The Morgan fingerprint density at radius 1 is 1.15 bits per heavy atom. The Balaban J connectivity index is 2.19. The van der Waals surface area contributed by atoms with E-state index in [9.17, 15) is 10.5 Å². The highest BCUT2D eigenvalue weighted by Crippen LogP contribution is 2.85. The van der Waals surface area contributed by atoms with E-state index in [0.717, 1.165) is 34.4 Å². The van der Waals surface area contributed by atoms with E-state index < -0.39 is 15.0 Å². The molecule has 3 atom stereocenters. The fourth-order valence-electron chi connectivity index (χ4n) is 4.01. The number of halogens is 1. The average molecular weight is 449 g/mol. The Morgan fingerprint density at radius 3 is 2.27 bits per heavy atom. The topological polar surface area (TPSA) is 86.0 Å². The number of rotatable bonds is 7. The Bertz CT molecular complexity index is 820. The van der Waals surface area contributed by atoms with Gasteiger partial charge in [0.05, 0.1) is 12.1 Å². The summed E-state index contributed by atoms with van der Waals surface area (Å²) in [6, 6.07) is 12.8. The predicted molar refractivity (Wildman–Crippen MR) is 113 cm³/mol. The first-order valence-electron chi connectivity index (χ1n) is 8.72. The number of aliphatic imine (C=N–C) groups is 1. The summed E-state index contributed by atoms with van der Waals surface area (Å²) in [6.07, 6.45) is 1.96. The second kappa shape index (κ2) is 7.11. The minimum Gasteiger partial charge on any atom is -0.386 e. The van der Waals surface area contributed by atoms with Crippen LogP contribution in [0.25, 0.3) is 0 Å². The molecule has 1 aromatic rings. The van der Waals surface area contributed by atoms with E-state index >= 15 is 0 Å². The van der Waals surface area contributed by atoms with Crippen molar-refractivity contribution in [2.75, 3.05) is 11.5 Å². The zero-order chi connectivity index (χ0) is 19.0. The molecule has 1 heterocycles. The molecule has 3 rings (SSSR count). The lowest BCUT2D eigenvalue weighted by atomic mass is 9.97. The summed E-state index contributed by atoms with van der Waals surface area (Å²) in [6.45, 7) is 4.23. The van der Waals surface area contributed by atoms with Gasteiger partial charge in [0.2, 0.25) is 0 Å². The fraction of sp³-hybridized carbons (Fsp3) is 0.526. The van der Waals surface area contributed by atoms with E-state index in [1.54, 1.807) is 23.5 Å². The highest BCUT2D eigenvalue weighted by atomic mass is 79.9. The standard InChI is InChI=1S/C19H21BrN4S2/c1-3-9-25-19(26-10-4-2)18(12-22)15(13-7-5-6-8-14(13)20)17(18,11-21)16(23)24-19/h5-8,15H,3-4,9-10H2,1-2H3,(H2,23,24). The zero-order valence-electron chi connectivity index (χ0n) is 14.8. The van der Waals surface area contributed by atoms with E-state index in [-0.39, 0.29) is 5.92 Å². The summed E-state index contributed by atoms with van der Waals surface area (Å²) in [7, 11) is 0. The molecule has 0 bridgehead atoms. The lowest BCUT2D eigenvalue weighted by Crippen LogP contribution is -2.32. The summed E-state index contributed by atoms with van der Waals surface area (Å²) in [5.41, 5.74) is 5.33. The van der Waals surface area contributed by atoms with Crippen molar-refractivity contribution in [1.82, 2.24) is 0 Å². The molecule has 1 fully saturated rings. The number of thioether (sulfide) groups is 2. The molecule has 1 saturated carbocycles. The van der Waals surface area contributed by atoms with E-state index in [2.05, 4.69) is 41.9 Å². The lowest BCUT2D eigenvalue weighted by molar-refractivity contribution is 0.563. The van der Waals surface area contributed by atoms with Crippen molar-refractivity contribution < 1.29 is 0 Å². The van der Waals surface area contributed by atoms with Gasteiger partial charge >= 0.3 is 0 Å². The molecule has 2 N–H and O–H groups in total. The zero-order valence-corrected chi connectivity index (χ0v) is 18.0. The molecular weight excluding hydrogens is 428 g/mol. The minimum absolute atomic E-state index is 0.271. The van der Waals surface area contributed by atoms with Crippen LogP contribution in [0.3, 0.4) is 0 Å². The van der Waals surface area contributed by atoms with Crippen LogP contribution in [0.2, 0.25) is 0 Å². The van der Waals surface area contributed by atoms with Crippen LogP contribution in [0.1, 0.15) is 38.2 Å². The van der Waals surface area contributed by atoms with E-state index in [1.165, 1.54) is 0 Å². The Labute approximate surface area is 171 Å². The van der Waals surface area contributed by atoms with Gasteiger partial charge in [-0.05, 0) is 36.0 Å². The molecule has 26 heavy (non-hydrogen) atoms. The SMILES string of the molecule is CCCSC1(SCCC)N=C(N)C2(C#N)C(c3ccccc3Br)C12C#N. The maximum Gasteiger partial charge on any atom is 0.175 e. The molecule has 0 radical (unpaired) electrons. The number of nitrogens with zero attached hydrogens (tertiary/aromatic N) is 3. The van der Waals surface area contributed by atoms with Crippen molar-refractivity contribution in [2.45, 2.75) is 36.8 Å². The monoisotopic (exact) mass is 448 g/mol. The van der Waals surface area contributed by atoms with Crippen molar-refractivity contribution in [3.05, 3.63) is 34.3 Å². The van der Waals surface area contributed by atoms with Crippen LogP contribution >= 0.6 is 39.5 Å². The van der Waals surface area contributed by atoms with Gasteiger partial charge < -0.3 is 5.73 Å². The molecule has 0 amide bonds. The second-order valence-corrected chi connectivity index (χ2v) is 10.3. The Hall–Kier alpha value is -1.15. The van der Waals surface area contributed by atoms with Gasteiger partial charge in [0.25, 0.3) is 0 Å². The highest BCUT2D eigenvalue weighted by molar-refractivity contribution is 9.10. The second-order valence-electron chi connectivity index (χ2n) is 6.57. The van der Waals surface area contributed by atoms with Crippen molar-refractivity contribution in [1.29, 1.82) is 10.5 Å². The van der Waals surface area contributed by atoms with Gasteiger partial charge in [-0.25, -0.2) is 4.99 Å². The van der Waals surface area contributed by atoms with Gasteiger partial charge in [0, 0.05) is 10.4 Å². The van der Waals surface area contributed by atoms with Crippen molar-refractivity contribution in [2.24, 2.45) is 21.6 Å². The van der Waals surface area contributed by atoms with E-state index in [0.29, 0.717) is 5.84 Å². The number of nitriles is 2. The summed E-state index contributed by atoms with van der Waals surface area (Å²) in [4.78, 5) is 4.78. The number of hydrogen-bond donors (Lipinski definition) is 1. The van der Waals surface area contributed by atoms with Gasteiger partial charge in [-0.2, -0.15) is 10.5 Å². The number of benzene rings is 1. The number of fused-ring (bicyclic) bond motifs is 1. The quantitative estimate of drug-likeness (QED) is 0.600. The number of nitrogens with two attached hydrogens (primary N) is 1. The van der Waals surface area contributed by atoms with Crippen molar-refractivity contribution in [3.63, 3.8) is 0 Å². The minimum atomic E-state index is -1.05. The fourth-order valence-corrected chi connectivity index (χ4v) is 7.75. The summed E-state index contributed by atoms with van der Waals surface area (Å²) < 4.78 is 0.180. The third-order valence-corrected chi connectivity index (χ3v) is 9.41. The van der Waals surface area contributed by atoms with Gasteiger partial charge in [-0.15, -0.1) is 23.5 Å². The molecule has 7 heteroatoms. The smallest absolute Gasteiger partial charge is 0.175 e. The first-order chi connectivity index (χ1) is 12.5. The average Bonchev–Trinajstić information content (AvgIpc) is 3.22. The maximum atomic E-state index is 10.4. The summed E-state index contributed by atoms with van der Waals surface area (Å²) >= 11 is 6.95. The van der Waals surface area contributed by atoms with Crippen LogP contribution in [0.4, 0.5) is 0 Å². The first kappa shape index (κ1) is 19.6. The first-order valence-corrected chi connectivity index (χ1v) is 11.5. The van der Waals surface area contributed by atoms with Crippen LogP contribution in [-0.4, -0.2) is 21.5 Å². The summed E-state index contributed by atoms with van der Waals surface area (Å²) in [5.74, 6) is 1.80. The largest absolute Gasteiger partial charge is 0.386 e. The molecule has 1 aliphatic carbocycles. The third kappa shape index (κ3) is 2.30. The lowest BCUT2D eigenvalue weighted by Gasteiger charge is -2.32. The molecule has 1 aromatic carbocycles. The van der Waals surface area contributed by atoms with Gasteiger partial charge in [0.15, 0.2) is 4.20 Å². The molecule has 0 aromatic heterocycles. The third-order valence-electron chi connectivity index (χ3n) is 5.15. The molecule has 3 unspecified atom stereocenters.